The van der Waals surface area contributed by atoms with Crippen LogP contribution in [0.15, 0.2) is 24.5 Å². The van der Waals surface area contributed by atoms with Gasteiger partial charge in [-0.25, -0.2) is 0 Å². The zero-order chi connectivity index (χ0) is 10.7. The Morgan fingerprint density at radius 1 is 1.56 bits per heavy atom. The van der Waals surface area contributed by atoms with Crippen molar-refractivity contribution in [2.75, 3.05) is 13.6 Å². The first-order chi connectivity index (χ1) is 7.27. The van der Waals surface area contributed by atoms with Crippen LogP contribution in [0.5, 0.6) is 5.75 Å². The Bertz CT molecular complexity index is 307. The number of rotatable bonds is 3. The zero-order valence-electron chi connectivity index (χ0n) is 9.80. The van der Waals surface area contributed by atoms with E-state index in [1.54, 1.807) is 12.4 Å². The molecule has 2 heterocycles. The second-order valence-corrected chi connectivity index (χ2v) is 4.20. The Kier molecular flexibility index (Phi) is 5.03. The second-order valence-electron chi connectivity index (χ2n) is 4.20. The van der Waals surface area contributed by atoms with Crippen LogP contribution in [0, 0.1) is 0 Å². The summed E-state index contributed by atoms with van der Waals surface area (Å²) in [5.41, 5.74) is 0. The zero-order valence-corrected chi connectivity index (χ0v) is 10.6. The normalized spacial score (nSPS) is 22.5. The molecule has 0 spiro atoms. The van der Waals surface area contributed by atoms with E-state index in [0.717, 1.165) is 5.75 Å². The molecule has 3 nitrogen and oxygen atoms in total. The summed E-state index contributed by atoms with van der Waals surface area (Å²) in [4.78, 5) is 6.42. The fraction of sp³-hybridized carbons (Fsp3) is 0.583. The third-order valence-electron chi connectivity index (χ3n) is 3.08. The molecule has 1 saturated heterocycles. The first-order valence-electron chi connectivity index (χ1n) is 5.54. The fourth-order valence-electron chi connectivity index (χ4n) is 2.24. The van der Waals surface area contributed by atoms with Crippen LogP contribution in [-0.2, 0) is 0 Å². The predicted octanol–water partition coefficient (Wildman–Crippen LogP) is 2.36. The maximum Gasteiger partial charge on any atom is 0.138 e. The average Bonchev–Trinajstić information content (AvgIpc) is 2.66. The highest BCUT2D eigenvalue weighted by Crippen LogP contribution is 2.21. The van der Waals surface area contributed by atoms with Crippen molar-refractivity contribution in [3.05, 3.63) is 24.5 Å². The fourth-order valence-corrected chi connectivity index (χ4v) is 2.24. The van der Waals surface area contributed by atoms with Crippen LogP contribution in [0.2, 0.25) is 0 Å². The molecule has 0 radical (unpaired) electrons. The van der Waals surface area contributed by atoms with E-state index in [1.807, 2.05) is 12.1 Å². The van der Waals surface area contributed by atoms with Gasteiger partial charge in [-0.3, -0.25) is 9.88 Å². The minimum Gasteiger partial charge on any atom is -0.487 e. The molecule has 0 N–H and O–H groups in total. The molecule has 1 aromatic rings. The van der Waals surface area contributed by atoms with Crippen LogP contribution in [0.1, 0.15) is 19.8 Å². The summed E-state index contributed by atoms with van der Waals surface area (Å²) in [6, 6.07) is 4.41. The van der Waals surface area contributed by atoms with Gasteiger partial charge in [-0.15, -0.1) is 12.4 Å². The van der Waals surface area contributed by atoms with Gasteiger partial charge in [0.1, 0.15) is 11.9 Å². The topological polar surface area (TPSA) is 25.4 Å². The van der Waals surface area contributed by atoms with Crippen LogP contribution in [-0.4, -0.2) is 35.6 Å². The molecule has 16 heavy (non-hydrogen) atoms. The molecule has 0 aliphatic carbocycles. The monoisotopic (exact) mass is 242 g/mol. The molecule has 1 aliphatic heterocycles. The van der Waals surface area contributed by atoms with Gasteiger partial charge < -0.3 is 4.74 Å². The molecule has 90 valence electrons. The standard InChI is InChI=1S/C12H18N2O.ClH/c1-10(12-6-4-8-14(12)2)15-11-5-3-7-13-9-11;/h3,5,7,9-10,12H,4,6,8H2,1-2H3;1H/t10?,12-;/m0./s1. The molecule has 0 bridgehead atoms. The predicted molar refractivity (Wildman–Crippen MR) is 67.2 cm³/mol. The minimum absolute atomic E-state index is 0. The maximum atomic E-state index is 5.86. The number of likely N-dealkylation sites (N-methyl/N-ethyl adjacent to an activating group) is 1. The van der Waals surface area contributed by atoms with Crippen molar-refractivity contribution in [3.8, 4) is 5.75 Å². The molecule has 2 rings (SSSR count). The summed E-state index contributed by atoms with van der Waals surface area (Å²) in [5, 5.41) is 0. The molecular formula is C12H19ClN2O. The lowest BCUT2D eigenvalue weighted by molar-refractivity contribution is 0.121. The average molecular weight is 243 g/mol. The third-order valence-corrected chi connectivity index (χ3v) is 3.08. The van der Waals surface area contributed by atoms with Crippen LogP contribution in [0.4, 0.5) is 0 Å². The van der Waals surface area contributed by atoms with Gasteiger partial charge in [-0.05, 0) is 45.5 Å². The first-order valence-corrected chi connectivity index (χ1v) is 5.54. The Morgan fingerprint density at radius 2 is 2.38 bits per heavy atom. The summed E-state index contributed by atoms with van der Waals surface area (Å²) in [7, 11) is 2.17. The number of nitrogens with zero attached hydrogens (tertiary/aromatic N) is 2. The third kappa shape index (κ3) is 3.09. The highest BCUT2D eigenvalue weighted by Gasteiger charge is 2.27. The quantitative estimate of drug-likeness (QED) is 0.814. The number of ether oxygens (including phenoxy) is 1. The molecular weight excluding hydrogens is 224 g/mol. The van der Waals surface area contributed by atoms with Gasteiger partial charge in [-0.1, -0.05) is 0 Å². The van der Waals surface area contributed by atoms with Gasteiger partial charge in [-0.2, -0.15) is 0 Å². The molecule has 0 aromatic carbocycles. The van der Waals surface area contributed by atoms with Crippen molar-refractivity contribution in [1.29, 1.82) is 0 Å². The molecule has 4 heteroatoms. The van der Waals surface area contributed by atoms with E-state index in [9.17, 15) is 0 Å². The summed E-state index contributed by atoms with van der Waals surface area (Å²) in [5.74, 6) is 0.866. The van der Waals surface area contributed by atoms with Crippen LogP contribution >= 0.6 is 12.4 Å². The highest BCUT2D eigenvalue weighted by molar-refractivity contribution is 5.85. The number of hydrogen-bond acceptors (Lipinski definition) is 3. The van der Waals surface area contributed by atoms with Gasteiger partial charge in [0.2, 0.25) is 0 Å². The Hall–Kier alpha value is -0.800. The minimum atomic E-state index is 0. The Balaban J connectivity index is 0.00000128. The largest absolute Gasteiger partial charge is 0.487 e. The van der Waals surface area contributed by atoms with Crippen LogP contribution in [0.25, 0.3) is 0 Å². The Labute approximate surface area is 103 Å². The number of halogens is 1. The van der Waals surface area contributed by atoms with Crippen molar-refractivity contribution in [2.45, 2.75) is 31.9 Å². The van der Waals surface area contributed by atoms with E-state index >= 15 is 0 Å². The van der Waals surface area contributed by atoms with E-state index < -0.39 is 0 Å². The van der Waals surface area contributed by atoms with Crippen LogP contribution in [0.3, 0.4) is 0 Å². The van der Waals surface area contributed by atoms with Crippen molar-refractivity contribution >= 4 is 12.4 Å². The van der Waals surface area contributed by atoms with Crippen molar-refractivity contribution in [2.24, 2.45) is 0 Å². The van der Waals surface area contributed by atoms with Gasteiger partial charge in [0.05, 0.1) is 6.20 Å². The second kappa shape index (κ2) is 6.06. The van der Waals surface area contributed by atoms with Crippen molar-refractivity contribution in [3.63, 3.8) is 0 Å². The SMILES string of the molecule is CC(Oc1cccnc1)[C@@H]1CCCN1C.Cl. The highest BCUT2D eigenvalue weighted by atomic mass is 35.5. The molecule has 1 aromatic heterocycles. The van der Waals surface area contributed by atoms with Crippen molar-refractivity contribution < 1.29 is 4.74 Å². The summed E-state index contributed by atoms with van der Waals surface area (Å²) >= 11 is 0. The lowest BCUT2D eigenvalue weighted by Crippen LogP contribution is -2.38. The summed E-state index contributed by atoms with van der Waals surface area (Å²) in [6.45, 7) is 3.32. The van der Waals surface area contributed by atoms with E-state index in [2.05, 4.69) is 23.9 Å². The number of likely N-dealkylation sites (tertiary alicyclic amines) is 1. The smallest absolute Gasteiger partial charge is 0.138 e. The van der Waals surface area contributed by atoms with Gasteiger partial charge >= 0.3 is 0 Å². The molecule has 0 saturated carbocycles. The summed E-state index contributed by atoms with van der Waals surface area (Å²) < 4.78 is 5.86. The maximum absolute atomic E-state index is 5.86. The van der Waals surface area contributed by atoms with Gasteiger partial charge in [0.15, 0.2) is 0 Å². The molecule has 2 atom stereocenters. The van der Waals surface area contributed by atoms with Crippen LogP contribution < -0.4 is 4.74 Å². The van der Waals surface area contributed by atoms with Crippen molar-refractivity contribution in [1.82, 2.24) is 9.88 Å². The van der Waals surface area contributed by atoms with Gasteiger partial charge in [0.25, 0.3) is 0 Å². The molecule has 0 amide bonds. The van der Waals surface area contributed by atoms with E-state index in [0.29, 0.717) is 6.04 Å². The molecule has 1 unspecified atom stereocenters. The van der Waals surface area contributed by atoms with Gasteiger partial charge in [0, 0.05) is 12.2 Å². The lowest BCUT2D eigenvalue weighted by atomic mass is 10.1. The number of hydrogen-bond donors (Lipinski definition) is 0. The van der Waals surface area contributed by atoms with E-state index in [-0.39, 0.29) is 18.5 Å². The Morgan fingerprint density at radius 3 is 2.94 bits per heavy atom. The molecule has 1 aliphatic rings. The number of pyridine rings is 1. The lowest BCUT2D eigenvalue weighted by Gasteiger charge is -2.26. The summed E-state index contributed by atoms with van der Waals surface area (Å²) in [6.07, 6.45) is 6.28. The first kappa shape index (κ1) is 13.3. The number of aromatic nitrogens is 1. The molecule has 1 fully saturated rings. The van der Waals surface area contributed by atoms with E-state index in [4.69, 9.17) is 4.74 Å². The van der Waals surface area contributed by atoms with E-state index in [1.165, 1.54) is 19.4 Å².